The molecule has 0 aromatic rings. The molecular weight excluding hydrogens is 268 g/mol. The van der Waals surface area contributed by atoms with Gasteiger partial charge in [0.1, 0.15) is 6.04 Å². The largest absolute Gasteiger partial charge is 0.388 e. The van der Waals surface area contributed by atoms with E-state index < -0.39 is 21.7 Å². The molecule has 0 aromatic heterocycles. The number of nitrogens with zero attached hydrogens (tertiary/aromatic N) is 1. The first kappa shape index (κ1) is 14.7. The molecule has 1 aliphatic carbocycles. The van der Waals surface area contributed by atoms with Crippen LogP contribution in [0.5, 0.6) is 0 Å². The number of hydrogen-bond acceptors (Lipinski definition) is 4. The molecule has 1 heterocycles. The first-order valence-electron chi connectivity index (χ1n) is 6.79. The molecule has 1 saturated heterocycles. The standard InChI is InChI=1S/C12H22N2O4S/c1-19(17,18)14-8-4-5-10(14)11(15)13-9-12(16)6-2-3-7-12/h10,16H,2-9H2,1H3,(H,13,15). The molecule has 2 aliphatic rings. The van der Waals surface area contributed by atoms with Crippen molar-refractivity contribution in [1.29, 1.82) is 0 Å². The molecule has 0 spiro atoms. The molecule has 1 amide bonds. The van der Waals surface area contributed by atoms with Crippen LogP contribution in [0.3, 0.4) is 0 Å². The maximum Gasteiger partial charge on any atom is 0.238 e. The molecule has 2 rings (SSSR count). The summed E-state index contributed by atoms with van der Waals surface area (Å²) < 4.78 is 24.4. The lowest BCUT2D eigenvalue weighted by Gasteiger charge is -2.25. The topological polar surface area (TPSA) is 86.7 Å². The van der Waals surface area contributed by atoms with Crippen molar-refractivity contribution < 1.29 is 18.3 Å². The second-order valence-corrected chi connectivity index (χ2v) is 7.62. The minimum Gasteiger partial charge on any atom is -0.388 e. The van der Waals surface area contributed by atoms with E-state index in [9.17, 15) is 18.3 Å². The SMILES string of the molecule is CS(=O)(=O)N1CCCC1C(=O)NCC1(O)CCCC1. The minimum atomic E-state index is -3.34. The van der Waals surface area contributed by atoms with Crippen LogP contribution in [0.15, 0.2) is 0 Å². The average molecular weight is 290 g/mol. The lowest BCUT2D eigenvalue weighted by atomic mass is 10.0. The van der Waals surface area contributed by atoms with Gasteiger partial charge in [-0.05, 0) is 25.7 Å². The molecule has 0 radical (unpaired) electrons. The Labute approximate surface area is 114 Å². The summed E-state index contributed by atoms with van der Waals surface area (Å²) in [5.74, 6) is -0.289. The van der Waals surface area contributed by atoms with E-state index in [0.717, 1.165) is 19.1 Å². The monoisotopic (exact) mass is 290 g/mol. The second kappa shape index (κ2) is 5.38. The molecule has 2 N–H and O–H groups in total. The third kappa shape index (κ3) is 3.46. The zero-order valence-corrected chi connectivity index (χ0v) is 12.1. The van der Waals surface area contributed by atoms with Crippen LogP contribution in [-0.4, -0.2) is 54.7 Å². The summed E-state index contributed by atoms with van der Waals surface area (Å²) >= 11 is 0. The highest BCUT2D eigenvalue weighted by atomic mass is 32.2. The van der Waals surface area contributed by atoms with Crippen LogP contribution in [0.4, 0.5) is 0 Å². The minimum absolute atomic E-state index is 0.222. The van der Waals surface area contributed by atoms with Gasteiger partial charge in [0.05, 0.1) is 11.9 Å². The Morgan fingerprint density at radius 1 is 1.37 bits per heavy atom. The van der Waals surface area contributed by atoms with Crippen LogP contribution in [0.1, 0.15) is 38.5 Å². The normalized spacial score (nSPS) is 27.6. The van der Waals surface area contributed by atoms with Crippen LogP contribution >= 0.6 is 0 Å². The highest BCUT2D eigenvalue weighted by molar-refractivity contribution is 7.88. The quantitative estimate of drug-likeness (QED) is 0.753. The van der Waals surface area contributed by atoms with Gasteiger partial charge in [-0.3, -0.25) is 4.79 Å². The van der Waals surface area contributed by atoms with Gasteiger partial charge in [-0.25, -0.2) is 8.42 Å². The number of carbonyl (C=O) groups excluding carboxylic acids is 1. The fourth-order valence-corrected chi connectivity index (χ4v) is 4.10. The van der Waals surface area contributed by atoms with Gasteiger partial charge in [0.15, 0.2) is 0 Å². The zero-order valence-electron chi connectivity index (χ0n) is 11.3. The van der Waals surface area contributed by atoms with E-state index in [-0.39, 0.29) is 12.5 Å². The molecule has 0 bridgehead atoms. The van der Waals surface area contributed by atoms with Gasteiger partial charge in [0.25, 0.3) is 0 Å². The fourth-order valence-electron chi connectivity index (χ4n) is 2.98. The van der Waals surface area contributed by atoms with E-state index in [0.29, 0.717) is 32.2 Å². The number of nitrogens with one attached hydrogen (secondary N) is 1. The summed E-state index contributed by atoms with van der Waals surface area (Å²) in [6, 6.07) is -0.611. The number of sulfonamides is 1. The zero-order chi connectivity index (χ0) is 14.1. The van der Waals surface area contributed by atoms with Crippen molar-refractivity contribution in [3.63, 3.8) is 0 Å². The number of hydrogen-bond donors (Lipinski definition) is 2. The summed E-state index contributed by atoms with van der Waals surface area (Å²) in [6.07, 6.45) is 5.74. The maximum atomic E-state index is 12.1. The third-order valence-electron chi connectivity index (χ3n) is 4.06. The van der Waals surface area contributed by atoms with E-state index in [1.165, 1.54) is 4.31 Å². The highest BCUT2D eigenvalue weighted by Gasteiger charge is 2.38. The molecule has 19 heavy (non-hydrogen) atoms. The summed E-state index contributed by atoms with van der Waals surface area (Å²) in [7, 11) is -3.34. The Morgan fingerprint density at radius 2 is 2.00 bits per heavy atom. The number of rotatable bonds is 4. The molecule has 1 atom stereocenters. The van der Waals surface area contributed by atoms with E-state index >= 15 is 0 Å². The maximum absolute atomic E-state index is 12.1. The van der Waals surface area contributed by atoms with Crippen molar-refractivity contribution in [2.75, 3.05) is 19.3 Å². The van der Waals surface area contributed by atoms with Crippen molar-refractivity contribution in [2.45, 2.75) is 50.2 Å². The Bertz CT molecular complexity index is 443. The first-order chi connectivity index (χ1) is 8.82. The van der Waals surface area contributed by atoms with Crippen LogP contribution in [0.2, 0.25) is 0 Å². The van der Waals surface area contributed by atoms with Gasteiger partial charge in [-0.15, -0.1) is 0 Å². The highest BCUT2D eigenvalue weighted by Crippen LogP contribution is 2.29. The van der Waals surface area contributed by atoms with Crippen LogP contribution in [-0.2, 0) is 14.8 Å². The molecule has 1 unspecified atom stereocenters. The van der Waals surface area contributed by atoms with Crippen molar-refractivity contribution >= 4 is 15.9 Å². The van der Waals surface area contributed by atoms with E-state index in [1.807, 2.05) is 0 Å². The van der Waals surface area contributed by atoms with Gasteiger partial charge in [-0.2, -0.15) is 4.31 Å². The molecule has 7 heteroatoms. The van der Waals surface area contributed by atoms with Gasteiger partial charge in [0, 0.05) is 13.1 Å². The fraction of sp³-hybridized carbons (Fsp3) is 0.917. The Balaban J connectivity index is 1.92. The van der Waals surface area contributed by atoms with Gasteiger partial charge >= 0.3 is 0 Å². The molecular formula is C12H22N2O4S. The van der Waals surface area contributed by atoms with Crippen LogP contribution in [0, 0.1) is 0 Å². The summed E-state index contributed by atoms with van der Waals surface area (Å²) in [5.41, 5.74) is -0.801. The van der Waals surface area contributed by atoms with Crippen LogP contribution in [0.25, 0.3) is 0 Å². The first-order valence-corrected chi connectivity index (χ1v) is 8.64. The van der Waals surface area contributed by atoms with Crippen molar-refractivity contribution in [1.82, 2.24) is 9.62 Å². The lowest BCUT2D eigenvalue weighted by molar-refractivity contribution is -0.125. The van der Waals surface area contributed by atoms with E-state index in [1.54, 1.807) is 0 Å². The average Bonchev–Trinajstić information content (AvgIpc) is 2.94. The van der Waals surface area contributed by atoms with Crippen molar-refractivity contribution in [3.8, 4) is 0 Å². The predicted molar refractivity (Wildman–Crippen MR) is 71.0 cm³/mol. The third-order valence-corrected chi connectivity index (χ3v) is 5.35. The number of amides is 1. The van der Waals surface area contributed by atoms with Gasteiger partial charge < -0.3 is 10.4 Å². The molecule has 0 aromatic carbocycles. The Kier molecular flexibility index (Phi) is 4.17. The molecule has 1 aliphatic heterocycles. The van der Waals surface area contributed by atoms with Crippen molar-refractivity contribution in [2.24, 2.45) is 0 Å². The van der Waals surface area contributed by atoms with Gasteiger partial charge in [0.2, 0.25) is 15.9 Å². The van der Waals surface area contributed by atoms with Crippen molar-refractivity contribution in [3.05, 3.63) is 0 Å². The number of aliphatic hydroxyl groups is 1. The van der Waals surface area contributed by atoms with E-state index in [4.69, 9.17) is 0 Å². The Morgan fingerprint density at radius 3 is 2.58 bits per heavy atom. The second-order valence-electron chi connectivity index (χ2n) is 5.68. The van der Waals surface area contributed by atoms with Gasteiger partial charge in [-0.1, -0.05) is 12.8 Å². The lowest BCUT2D eigenvalue weighted by Crippen LogP contribution is -2.49. The molecule has 1 saturated carbocycles. The summed E-state index contributed by atoms with van der Waals surface area (Å²) in [6.45, 7) is 0.626. The van der Waals surface area contributed by atoms with Crippen LogP contribution < -0.4 is 5.32 Å². The summed E-state index contributed by atoms with van der Waals surface area (Å²) in [4.78, 5) is 12.1. The molecule has 110 valence electrons. The van der Waals surface area contributed by atoms with E-state index in [2.05, 4.69) is 5.32 Å². The number of carbonyl (C=O) groups is 1. The Hall–Kier alpha value is -0.660. The molecule has 6 nitrogen and oxygen atoms in total. The molecule has 2 fully saturated rings. The smallest absolute Gasteiger partial charge is 0.238 e. The summed E-state index contributed by atoms with van der Waals surface area (Å²) in [5, 5.41) is 12.9. The predicted octanol–water partition coefficient (Wildman–Crippen LogP) is -0.168.